The van der Waals surface area contributed by atoms with Gasteiger partial charge >= 0.3 is 17.8 Å². The van der Waals surface area contributed by atoms with E-state index in [1.807, 2.05) is 0 Å². The number of rotatable bonds is 7. The highest BCUT2D eigenvalue weighted by atomic mass is 32.1. The molecule has 0 aromatic carbocycles. The van der Waals surface area contributed by atoms with E-state index in [0.717, 1.165) is 11.3 Å². The number of anilines is 1. The summed E-state index contributed by atoms with van der Waals surface area (Å²) in [5.74, 6) is -5.31. The lowest BCUT2D eigenvalue weighted by Crippen LogP contribution is -2.50. The van der Waals surface area contributed by atoms with E-state index < -0.39 is 35.9 Å². The van der Waals surface area contributed by atoms with Crippen molar-refractivity contribution in [2.24, 2.45) is 5.92 Å². The maximum absolute atomic E-state index is 12.5. The number of carbonyl (C=O) groups is 5. The van der Waals surface area contributed by atoms with E-state index in [1.165, 1.54) is 6.92 Å². The van der Waals surface area contributed by atoms with E-state index in [4.69, 9.17) is 9.84 Å². The van der Waals surface area contributed by atoms with Crippen molar-refractivity contribution in [1.29, 1.82) is 0 Å². The van der Waals surface area contributed by atoms with Crippen LogP contribution in [0.25, 0.3) is 0 Å². The monoisotopic (exact) mass is 441 g/mol. The lowest BCUT2D eigenvalue weighted by Gasteiger charge is -2.26. The van der Waals surface area contributed by atoms with E-state index in [9.17, 15) is 29.1 Å². The van der Waals surface area contributed by atoms with Crippen molar-refractivity contribution >= 4 is 46.0 Å². The number of fused-ring (bicyclic) bond motifs is 1. The quantitative estimate of drug-likeness (QED) is 0.377. The summed E-state index contributed by atoms with van der Waals surface area (Å²) in [7, 11) is 0. The van der Waals surface area contributed by atoms with Crippen LogP contribution in [-0.2, 0) is 30.3 Å². The normalized spacial score (nSPS) is 16.3. The molecule has 5 N–H and O–H groups in total. The molecule has 12 heteroatoms. The van der Waals surface area contributed by atoms with Gasteiger partial charge in [0.15, 0.2) is 0 Å². The fourth-order valence-corrected chi connectivity index (χ4v) is 4.34. The first kappa shape index (κ1) is 23.3. The van der Waals surface area contributed by atoms with Crippen molar-refractivity contribution in [3.05, 3.63) is 16.0 Å². The molecule has 2 heterocycles. The molecule has 0 saturated carbocycles. The Kier molecular flexibility index (Phi) is 7.51. The van der Waals surface area contributed by atoms with Gasteiger partial charge in [0, 0.05) is 18.3 Å². The topological polar surface area (TPSA) is 171 Å². The van der Waals surface area contributed by atoms with Crippen LogP contribution in [-0.4, -0.2) is 59.1 Å². The number of hydrogen-bond acceptors (Lipinski definition) is 7. The molecule has 0 spiro atoms. The van der Waals surface area contributed by atoms with Crippen molar-refractivity contribution in [2.45, 2.75) is 39.3 Å². The van der Waals surface area contributed by atoms with Crippen molar-refractivity contribution in [3.63, 3.8) is 0 Å². The molecule has 11 nitrogen and oxygen atoms in total. The molecule has 0 radical (unpaired) electrons. The van der Waals surface area contributed by atoms with Crippen LogP contribution in [0.1, 0.15) is 47.7 Å². The number of carbonyl (C=O) groups excluding carboxylic acids is 3. The Balaban J connectivity index is 2.23. The van der Waals surface area contributed by atoms with Crippen LogP contribution in [0.3, 0.4) is 0 Å². The second-order valence-electron chi connectivity index (χ2n) is 6.99. The Morgan fingerprint density at radius 2 is 1.87 bits per heavy atom. The molecule has 0 aliphatic carbocycles. The minimum atomic E-state index is -1.74. The van der Waals surface area contributed by atoms with Gasteiger partial charge in [0.05, 0.1) is 12.2 Å². The van der Waals surface area contributed by atoms with Gasteiger partial charge in [-0.25, -0.2) is 9.59 Å². The van der Waals surface area contributed by atoms with Gasteiger partial charge in [0.25, 0.3) is 0 Å². The molecule has 164 valence electrons. The summed E-state index contributed by atoms with van der Waals surface area (Å²) in [5.41, 5.74) is 0.253. The largest absolute Gasteiger partial charge is 0.478 e. The molecule has 2 atom stereocenters. The van der Waals surface area contributed by atoms with E-state index in [-0.39, 0.29) is 42.0 Å². The van der Waals surface area contributed by atoms with E-state index >= 15 is 0 Å². The Labute approximate surface area is 175 Å². The maximum atomic E-state index is 12.5. The smallest absolute Gasteiger partial charge is 0.394 e. The lowest BCUT2D eigenvalue weighted by molar-refractivity contribution is -0.147. The number of carboxylic acid groups (broad SMARTS) is 2. The van der Waals surface area contributed by atoms with E-state index in [1.54, 1.807) is 13.8 Å². The zero-order chi connectivity index (χ0) is 22.6. The molecular formula is C18H23N3O8S. The first-order valence-corrected chi connectivity index (χ1v) is 9.94. The first-order chi connectivity index (χ1) is 14.0. The summed E-state index contributed by atoms with van der Waals surface area (Å²) in [4.78, 5) is 58.3. The number of aliphatic carboxylic acids is 1. The molecule has 2 rings (SSSR count). The minimum absolute atomic E-state index is 0.0144. The van der Waals surface area contributed by atoms with E-state index in [2.05, 4.69) is 16.0 Å². The van der Waals surface area contributed by atoms with Crippen LogP contribution in [0, 0.1) is 5.92 Å². The lowest BCUT2D eigenvalue weighted by atomic mass is 10.0. The number of nitrogens with one attached hydrogen (secondary N) is 3. The minimum Gasteiger partial charge on any atom is -0.478 e. The van der Waals surface area contributed by atoms with Gasteiger partial charge in [0.1, 0.15) is 17.1 Å². The van der Waals surface area contributed by atoms with Crippen molar-refractivity contribution < 1.29 is 38.9 Å². The third-order valence-corrected chi connectivity index (χ3v) is 5.65. The predicted octanol–water partition coefficient (Wildman–Crippen LogP) is 0.360. The second kappa shape index (κ2) is 9.67. The van der Waals surface area contributed by atoms with Crippen LogP contribution in [0.4, 0.5) is 5.00 Å². The molecule has 1 aliphatic rings. The molecule has 0 bridgehead atoms. The standard InChI is InChI=1S/C18H23N3O8S/c1-7(2)12(20-8(3)22)14(23)19-6-10-13-9(4-5-29-10)11(17(25)26)16(30-13)21-15(24)18(27)28/h7,10,12H,4-6H2,1-3H3,(H,19,23)(H,20,22)(H,21,24)(H,25,26)(H,27,28)/t10?,12-/m1/s1. The van der Waals surface area contributed by atoms with Crippen LogP contribution in [0.15, 0.2) is 0 Å². The second-order valence-corrected chi connectivity index (χ2v) is 8.04. The Bertz CT molecular complexity index is 879. The van der Waals surface area contributed by atoms with Gasteiger partial charge in [-0.05, 0) is 17.9 Å². The number of hydrogen-bond donors (Lipinski definition) is 5. The highest BCUT2D eigenvalue weighted by Gasteiger charge is 2.33. The average Bonchev–Trinajstić information content (AvgIpc) is 3.02. The van der Waals surface area contributed by atoms with Crippen LogP contribution < -0.4 is 16.0 Å². The van der Waals surface area contributed by atoms with Crippen molar-refractivity contribution in [2.75, 3.05) is 18.5 Å². The van der Waals surface area contributed by atoms with E-state index in [0.29, 0.717) is 10.4 Å². The number of amides is 3. The molecule has 3 amide bonds. The maximum Gasteiger partial charge on any atom is 0.394 e. The van der Waals surface area contributed by atoms with Crippen LogP contribution in [0.5, 0.6) is 0 Å². The van der Waals surface area contributed by atoms with Gasteiger partial charge < -0.3 is 30.9 Å². The first-order valence-electron chi connectivity index (χ1n) is 9.12. The molecule has 1 unspecified atom stereocenters. The van der Waals surface area contributed by atoms with Crippen LogP contribution >= 0.6 is 11.3 Å². The van der Waals surface area contributed by atoms with Crippen LogP contribution in [0.2, 0.25) is 0 Å². The molecule has 1 aliphatic heterocycles. The Morgan fingerprint density at radius 3 is 2.40 bits per heavy atom. The Morgan fingerprint density at radius 1 is 1.20 bits per heavy atom. The Hall–Kier alpha value is -2.99. The zero-order valence-electron chi connectivity index (χ0n) is 16.6. The molecule has 0 fully saturated rings. The summed E-state index contributed by atoms with van der Waals surface area (Å²) in [5, 5.41) is 25.6. The fraction of sp³-hybridized carbons (Fsp3) is 0.500. The summed E-state index contributed by atoms with van der Waals surface area (Å²) in [6, 6.07) is -0.742. The van der Waals surface area contributed by atoms with Gasteiger partial charge in [-0.3, -0.25) is 14.4 Å². The molecule has 0 saturated heterocycles. The third-order valence-electron chi connectivity index (χ3n) is 4.41. The molecular weight excluding hydrogens is 418 g/mol. The van der Waals surface area contributed by atoms with Gasteiger partial charge in [0.2, 0.25) is 11.8 Å². The fourth-order valence-electron chi connectivity index (χ4n) is 3.05. The molecule has 30 heavy (non-hydrogen) atoms. The number of ether oxygens (including phenoxy) is 1. The number of carboxylic acids is 2. The van der Waals surface area contributed by atoms with Crippen molar-refractivity contribution in [3.8, 4) is 0 Å². The molecule has 1 aromatic heterocycles. The van der Waals surface area contributed by atoms with Gasteiger partial charge in [-0.1, -0.05) is 13.8 Å². The SMILES string of the molecule is CC(=O)N[C@@H](C(=O)NCC1OCCc2c1sc(NC(=O)C(=O)O)c2C(=O)O)C(C)C. The summed E-state index contributed by atoms with van der Waals surface area (Å²) >= 11 is 0.899. The van der Waals surface area contributed by atoms with Crippen molar-refractivity contribution in [1.82, 2.24) is 10.6 Å². The highest BCUT2D eigenvalue weighted by molar-refractivity contribution is 7.17. The number of thiophene rings is 1. The average molecular weight is 441 g/mol. The summed E-state index contributed by atoms with van der Waals surface area (Å²) in [6.07, 6.45) is -0.414. The van der Waals surface area contributed by atoms with Gasteiger partial charge in [-0.2, -0.15) is 0 Å². The zero-order valence-corrected chi connectivity index (χ0v) is 17.4. The number of aromatic carboxylic acids is 1. The highest BCUT2D eigenvalue weighted by Crippen LogP contribution is 2.41. The van der Waals surface area contributed by atoms with Gasteiger partial charge in [-0.15, -0.1) is 11.3 Å². The molecule has 1 aromatic rings. The summed E-state index contributed by atoms with van der Waals surface area (Å²) in [6.45, 7) is 5.08. The third kappa shape index (κ3) is 5.33. The summed E-state index contributed by atoms with van der Waals surface area (Å²) < 4.78 is 5.66. The predicted molar refractivity (Wildman–Crippen MR) is 105 cm³/mol.